The van der Waals surface area contributed by atoms with Crippen LogP contribution in [0.5, 0.6) is 5.75 Å². The van der Waals surface area contributed by atoms with Crippen LogP contribution in [-0.4, -0.2) is 44.5 Å². The van der Waals surface area contributed by atoms with Crippen LogP contribution in [-0.2, 0) is 13.5 Å². The second-order valence-electron chi connectivity index (χ2n) is 8.19. The summed E-state index contributed by atoms with van der Waals surface area (Å²) in [6, 6.07) is 10.3. The molecule has 0 radical (unpaired) electrons. The van der Waals surface area contributed by atoms with Crippen LogP contribution < -0.4 is 4.74 Å². The fourth-order valence-corrected chi connectivity index (χ4v) is 4.66. The lowest BCUT2D eigenvalue weighted by atomic mass is 9.96. The number of hydrogen-bond acceptors (Lipinski definition) is 4. The third-order valence-electron chi connectivity index (χ3n) is 6.27. The Morgan fingerprint density at radius 3 is 2.73 bits per heavy atom. The zero-order valence-electron chi connectivity index (χ0n) is 17.2. The van der Waals surface area contributed by atoms with Crippen LogP contribution in [0.15, 0.2) is 36.5 Å². The van der Waals surface area contributed by atoms with E-state index in [9.17, 15) is 4.79 Å². The van der Waals surface area contributed by atoms with Crippen molar-refractivity contribution in [2.45, 2.75) is 38.8 Å². The summed E-state index contributed by atoms with van der Waals surface area (Å²) < 4.78 is 7.89. The molecule has 0 unspecified atom stereocenters. The van der Waals surface area contributed by atoms with Crippen LogP contribution in [0.2, 0.25) is 5.02 Å². The van der Waals surface area contributed by atoms with Crippen LogP contribution in [0, 0.1) is 6.92 Å². The Morgan fingerprint density at radius 1 is 1.27 bits per heavy atom. The molecule has 3 heterocycles. The number of aromatic nitrogens is 3. The molecule has 1 amide bonds. The number of carbonyl (C=O) groups excluding carboxylic acids is 1. The molecule has 5 rings (SSSR count). The lowest BCUT2D eigenvalue weighted by Gasteiger charge is -2.20. The smallest absolute Gasteiger partial charge is 0.258 e. The first-order valence-corrected chi connectivity index (χ1v) is 10.6. The molecule has 2 atom stereocenters. The van der Waals surface area contributed by atoms with Crippen molar-refractivity contribution in [1.29, 1.82) is 0 Å². The van der Waals surface area contributed by atoms with Gasteiger partial charge < -0.3 is 9.64 Å². The number of fused-ring (bicyclic) bond motifs is 3. The summed E-state index contributed by atoms with van der Waals surface area (Å²) in [7, 11) is 1.85. The minimum absolute atomic E-state index is 0.00609. The Kier molecular flexibility index (Phi) is 4.54. The van der Waals surface area contributed by atoms with Crippen molar-refractivity contribution >= 4 is 17.5 Å². The quantitative estimate of drug-likeness (QED) is 0.639. The van der Waals surface area contributed by atoms with Crippen LogP contribution in [0.3, 0.4) is 0 Å². The lowest BCUT2D eigenvalue weighted by Crippen LogP contribution is -2.36. The maximum absolute atomic E-state index is 13.1. The summed E-state index contributed by atoms with van der Waals surface area (Å²) in [5.74, 6) is 0.554. The van der Waals surface area contributed by atoms with E-state index in [4.69, 9.17) is 16.3 Å². The standard InChI is InChI=1S/C23H23ClN4O2/c1-13-17(10-15-4-6-16(7-5-15)19-12-27(3)26-25-19)11-18-22(21(13)24)30-20-8-9-28(14(20)2)23(18)29/h4-7,11-12,14,20H,8-10H2,1-3H3/t14-,20+/m0/s1. The molecule has 2 bridgehead atoms. The van der Waals surface area contributed by atoms with Gasteiger partial charge in [-0.2, -0.15) is 0 Å². The van der Waals surface area contributed by atoms with E-state index in [1.807, 2.05) is 50.2 Å². The molecule has 3 aromatic rings. The average Bonchev–Trinajstić information content (AvgIpc) is 3.30. The number of rotatable bonds is 3. The van der Waals surface area contributed by atoms with Crippen molar-refractivity contribution in [3.63, 3.8) is 0 Å². The average molecular weight is 423 g/mol. The number of carbonyl (C=O) groups is 1. The summed E-state index contributed by atoms with van der Waals surface area (Å²) in [5, 5.41) is 8.69. The van der Waals surface area contributed by atoms with Crippen molar-refractivity contribution in [3.05, 3.63) is 63.8 Å². The van der Waals surface area contributed by atoms with Crippen molar-refractivity contribution in [1.82, 2.24) is 19.9 Å². The molecule has 1 fully saturated rings. The highest BCUT2D eigenvalue weighted by Crippen LogP contribution is 2.41. The molecule has 30 heavy (non-hydrogen) atoms. The molecule has 0 aliphatic carbocycles. The van der Waals surface area contributed by atoms with E-state index < -0.39 is 0 Å². The van der Waals surface area contributed by atoms with Gasteiger partial charge in [-0.1, -0.05) is 41.1 Å². The molecule has 7 heteroatoms. The maximum Gasteiger partial charge on any atom is 0.258 e. The highest BCUT2D eigenvalue weighted by atomic mass is 35.5. The normalized spacial score (nSPS) is 20.1. The highest BCUT2D eigenvalue weighted by molar-refractivity contribution is 6.33. The largest absolute Gasteiger partial charge is 0.486 e. The summed E-state index contributed by atoms with van der Waals surface area (Å²) in [6.07, 6.45) is 3.43. The molecular weight excluding hydrogens is 400 g/mol. The SMILES string of the molecule is Cc1c(Cc2ccc(-c3cn(C)nn3)cc2)cc2c(c1Cl)O[C@@H]1CCN(C2=O)[C@H]1C. The van der Waals surface area contributed by atoms with Gasteiger partial charge in [0.1, 0.15) is 11.8 Å². The molecule has 2 aromatic carbocycles. The molecular formula is C23H23ClN4O2. The predicted molar refractivity (Wildman–Crippen MR) is 115 cm³/mol. The lowest BCUT2D eigenvalue weighted by molar-refractivity contribution is 0.0730. The van der Waals surface area contributed by atoms with Crippen LogP contribution in [0.4, 0.5) is 0 Å². The highest BCUT2D eigenvalue weighted by Gasteiger charge is 2.41. The third kappa shape index (κ3) is 3.06. The maximum atomic E-state index is 13.1. The van der Waals surface area contributed by atoms with Crippen molar-refractivity contribution in [2.75, 3.05) is 6.54 Å². The molecule has 0 spiro atoms. The molecule has 0 saturated carbocycles. The summed E-state index contributed by atoms with van der Waals surface area (Å²) >= 11 is 6.70. The Bertz CT molecular complexity index is 1140. The van der Waals surface area contributed by atoms with Gasteiger partial charge in [-0.3, -0.25) is 9.48 Å². The van der Waals surface area contributed by atoms with Gasteiger partial charge in [0.25, 0.3) is 5.91 Å². The molecule has 154 valence electrons. The van der Waals surface area contributed by atoms with E-state index in [1.54, 1.807) is 4.68 Å². The molecule has 2 aliphatic rings. The Morgan fingerprint density at radius 2 is 2.03 bits per heavy atom. The van der Waals surface area contributed by atoms with Gasteiger partial charge in [-0.15, -0.1) is 5.10 Å². The van der Waals surface area contributed by atoms with E-state index in [1.165, 1.54) is 0 Å². The first kappa shape index (κ1) is 19.1. The summed E-state index contributed by atoms with van der Waals surface area (Å²) in [4.78, 5) is 15.1. The minimum Gasteiger partial charge on any atom is -0.486 e. The summed E-state index contributed by atoms with van der Waals surface area (Å²) in [5.41, 5.74) is 5.57. The molecule has 0 N–H and O–H groups in total. The van der Waals surface area contributed by atoms with Gasteiger partial charge >= 0.3 is 0 Å². The van der Waals surface area contributed by atoms with Crippen LogP contribution >= 0.6 is 11.6 Å². The van der Waals surface area contributed by atoms with Crippen LogP contribution in [0.25, 0.3) is 11.3 Å². The third-order valence-corrected chi connectivity index (χ3v) is 6.72. The number of benzene rings is 2. The van der Waals surface area contributed by atoms with Gasteiger partial charge in [0.15, 0.2) is 5.75 Å². The first-order chi connectivity index (χ1) is 14.4. The molecule has 1 saturated heterocycles. The van der Waals surface area contributed by atoms with Gasteiger partial charge in [-0.25, -0.2) is 0 Å². The second-order valence-corrected chi connectivity index (χ2v) is 8.56. The molecule has 1 aromatic heterocycles. The van der Waals surface area contributed by atoms with E-state index in [-0.39, 0.29) is 18.1 Å². The van der Waals surface area contributed by atoms with E-state index >= 15 is 0 Å². The number of ether oxygens (including phenoxy) is 1. The number of halogens is 1. The summed E-state index contributed by atoms with van der Waals surface area (Å²) in [6.45, 7) is 4.77. The van der Waals surface area contributed by atoms with E-state index in [0.717, 1.165) is 40.9 Å². The number of aryl methyl sites for hydroxylation is 1. The second kappa shape index (κ2) is 7.13. The fraction of sp³-hybridized carbons (Fsp3) is 0.348. The zero-order valence-corrected chi connectivity index (χ0v) is 18.0. The van der Waals surface area contributed by atoms with E-state index in [0.29, 0.717) is 22.8 Å². The Balaban J connectivity index is 1.47. The molecule has 2 aliphatic heterocycles. The molecule has 6 nitrogen and oxygen atoms in total. The van der Waals surface area contributed by atoms with Gasteiger partial charge in [0.2, 0.25) is 0 Å². The van der Waals surface area contributed by atoms with Crippen molar-refractivity contribution in [2.24, 2.45) is 7.05 Å². The Labute approximate surface area is 180 Å². The fourth-order valence-electron chi connectivity index (χ4n) is 4.39. The minimum atomic E-state index is 0.00609. The topological polar surface area (TPSA) is 60.2 Å². The van der Waals surface area contributed by atoms with E-state index in [2.05, 4.69) is 22.4 Å². The van der Waals surface area contributed by atoms with Crippen LogP contribution in [0.1, 0.15) is 40.4 Å². The predicted octanol–water partition coefficient (Wildman–Crippen LogP) is 4.03. The van der Waals surface area contributed by atoms with Gasteiger partial charge in [0.05, 0.1) is 22.8 Å². The first-order valence-electron chi connectivity index (χ1n) is 10.2. The van der Waals surface area contributed by atoms with Crippen molar-refractivity contribution < 1.29 is 9.53 Å². The zero-order chi connectivity index (χ0) is 21.0. The monoisotopic (exact) mass is 422 g/mol. The van der Waals surface area contributed by atoms with Crippen molar-refractivity contribution in [3.8, 4) is 17.0 Å². The van der Waals surface area contributed by atoms with Gasteiger partial charge in [-0.05, 0) is 43.0 Å². The number of nitrogens with zero attached hydrogens (tertiary/aromatic N) is 4. The number of amides is 1. The number of hydrogen-bond donors (Lipinski definition) is 0. The Hall–Kier alpha value is -2.86. The van der Waals surface area contributed by atoms with Gasteiger partial charge in [0, 0.05) is 25.6 Å².